The molecule has 2 atom stereocenters. The van der Waals surface area contributed by atoms with E-state index in [0.717, 1.165) is 12.2 Å². The van der Waals surface area contributed by atoms with Crippen molar-refractivity contribution in [1.29, 1.82) is 0 Å². The van der Waals surface area contributed by atoms with Crippen molar-refractivity contribution < 1.29 is 22.4 Å². The first-order valence-electron chi connectivity index (χ1n) is 8.18. The van der Waals surface area contributed by atoms with Crippen LogP contribution in [-0.2, 0) is 21.4 Å². The zero-order valence-electron chi connectivity index (χ0n) is 13.9. The molecule has 1 aliphatic carbocycles. The van der Waals surface area contributed by atoms with Crippen LogP contribution in [0.2, 0.25) is 5.02 Å². The van der Waals surface area contributed by atoms with Crippen LogP contribution in [0.15, 0.2) is 33.6 Å². The van der Waals surface area contributed by atoms with Crippen LogP contribution >= 0.6 is 11.6 Å². The molecule has 26 heavy (non-hydrogen) atoms. The van der Waals surface area contributed by atoms with Crippen LogP contribution in [0.4, 0.5) is 5.69 Å². The van der Waals surface area contributed by atoms with Gasteiger partial charge in [-0.15, -0.1) is 0 Å². The van der Waals surface area contributed by atoms with Gasteiger partial charge in [0.2, 0.25) is 10.0 Å². The van der Waals surface area contributed by atoms with Crippen LogP contribution in [0.1, 0.15) is 30.8 Å². The second-order valence-corrected chi connectivity index (χ2v) is 8.71. The Balaban J connectivity index is 1.51. The van der Waals surface area contributed by atoms with E-state index in [-0.39, 0.29) is 34.7 Å². The number of hydrogen-bond donors (Lipinski definition) is 2. The van der Waals surface area contributed by atoms with Gasteiger partial charge in [-0.1, -0.05) is 18.5 Å². The van der Waals surface area contributed by atoms with Crippen molar-refractivity contribution in [2.45, 2.75) is 30.7 Å². The van der Waals surface area contributed by atoms with E-state index >= 15 is 0 Å². The zero-order valence-corrected chi connectivity index (χ0v) is 15.5. The highest BCUT2D eigenvalue weighted by Crippen LogP contribution is 2.47. The molecule has 2 heterocycles. The number of furan rings is 1. The van der Waals surface area contributed by atoms with E-state index in [0.29, 0.717) is 23.3 Å². The van der Waals surface area contributed by atoms with Crippen molar-refractivity contribution >= 4 is 33.2 Å². The molecule has 0 saturated heterocycles. The van der Waals surface area contributed by atoms with Gasteiger partial charge in [0.1, 0.15) is 22.2 Å². The molecule has 0 unspecified atom stereocenters. The number of sulfonamides is 1. The molecule has 1 aliphatic heterocycles. The Hall–Kier alpha value is -2.03. The number of hydrogen-bond acceptors (Lipinski definition) is 5. The molecule has 1 fully saturated rings. The van der Waals surface area contributed by atoms with Gasteiger partial charge in [-0.05, 0) is 30.5 Å². The van der Waals surface area contributed by atoms with Crippen molar-refractivity contribution in [2.24, 2.45) is 5.92 Å². The van der Waals surface area contributed by atoms with E-state index < -0.39 is 10.0 Å². The van der Waals surface area contributed by atoms with Crippen molar-refractivity contribution in [2.75, 3.05) is 11.9 Å². The van der Waals surface area contributed by atoms with Gasteiger partial charge in [0, 0.05) is 12.0 Å². The number of halogens is 1. The van der Waals surface area contributed by atoms with Gasteiger partial charge in [0.25, 0.3) is 5.91 Å². The Morgan fingerprint density at radius 1 is 1.35 bits per heavy atom. The summed E-state index contributed by atoms with van der Waals surface area (Å²) in [5, 5.41) is 2.58. The van der Waals surface area contributed by atoms with E-state index in [4.69, 9.17) is 20.8 Å². The molecule has 2 N–H and O–H groups in total. The Labute approximate surface area is 155 Å². The SMILES string of the molecule is C[C@H]1C[C@H]1c1ccc(CNS(=O)(=O)c2cc3c(cc2Cl)NC(=O)CO3)o1. The fourth-order valence-corrected chi connectivity index (χ4v) is 4.47. The molecule has 138 valence electrons. The van der Waals surface area contributed by atoms with E-state index in [1.807, 2.05) is 6.07 Å². The van der Waals surface area contributed by atoms with Gasteiger partial charge in [-0.25, -0.2) is 13.1 Å². The Morgan fingerprint density at radius 3 is 2.85 bits per heavy atom. The highest BCUT2D eigenvalue weighted by Gasteiger charge is 2.36. The third kappa shape index (κ3) is 3.32. The normalized spacial score (nSPS) is 21.7. The van der Waals surface area contributed by atoms with E-state index in [1.54, 1.807) is 6.07 Å². The summed E-state index contributed by atoms with van der Waals surface area (Å²) in [7, 11) is -3.88. The van der Waals surface area contributed by atoms with Gasteiger partial charge in [-0.2, -0.15) is 0 Å². The lowest BCUT2D eigenvalue weighted by molar-refractivity contribution is -0.118. The molecular formula is C17H17ClN2O5S. The molecule has 2 aromatic rings. The predicted octanol–water partition coefficient (Wildman–Crippen LogP) is 2.87. The number of carbonyl (C=O) groups is 1. The van der Waals surface area contributed by atoms with Crippen molar-refractivity contribution in [3.05, 3.63) is 40.8 Å². The first kappa shape index (κ1) is 17.4. The highest BCUT2D eigenvalue weighted by molar-refractivity contribution is 7.89. The minimum Gasteiger partial charge on any atom is -0.482 e. The molecule has 0 radical (unpaired) electrons. The van der Waals surface area contributed by atoms with E-state index in [2.05, 4.69) is 17.0 Å². The fourth-order valence-electron chi connectivity index (χ4n) is 2.94. The van der Waals surface area contributed by atoms with Gasteiger partial charge >= 0.3 is 0 Å². The lowest BCUT2D eigenvalue weighted by Crippen LogP contribution is -2.27. The minimum atomic E-state index is -3.88. The molecular weight excluding hydrogens is 380 g/mol. The van der Waals surface area contributed by atoms with Gasteiger partial charge in [0.15, 0.2) is 6.61 Å². The molecule has 0 bridgehead atoms. The van der Waals surface area contributed by atoms with E-state index in [1.165, 1.54) is 12.1 Å². The summed E-state index contributed by atoms with van der Waals surface area (Å²) >= 11 is 6.10. The summed E-state index contributed by atoms with van der Waals surface area (Å²) in [6.45, 7) is 2.00. The number of ether oxygens (including phenoxy) is 1. The molecule has 1 amide bonds. The number of anilines is 1. The molecule has 1 aromatic carbocycles. The summed E-state index contributed by atoms with van der Waals surface area (Å²) < 4.78 is 38.7. The highest BCUT2D eigenvalue weighted by atomic mass is 35.5. The zero-order chi connectivity index (χ0) is 18.5. The van der Waals surface area contributed by atoms with Crippen LogP contribution in [0, 0.1) is 5.92 Å². The number of carbonyl (C=O) groups excluding carboxylic acids is 1. The summed E-state index contributed by atoms with van der Waals surface area (Å²) in [6, 6.07) is 6.33. The van der Waals surface area contributed by atoms with Crippen molar-refractivity contribution in [1.82, 2.24) is 4.72 Å². The maximum absolute atomic E-state index is 12.6. The minimum absolute atomic E-state index is 0.00557. The average Bonchev–Trinajstić information content (AvgIpc) is 3.13. The number of fused-ring (bicyclic) bond motifs is 1. The molecule has 4 rings (SSSR count). The van der Waals surface area contributed by atoms with Gasteiger partial charge < -0.3 is 14.5 Å². The third-order valence-electron chi connectivity index (χ3n) is 4.55. The second kappa shape index (κ2) is 6.29. The van der Waals surface area contributed by atoms with Crippen molar-refractivity contribution in [3.8, 4) is 5.75 Å². The number of nitrogens with one attached hydrogen (secondary N) is 2. The molecule has 2 aliphatic rings. The maximum atomic E-state index is 12.6. The average molecular weight is 397 g/mol. The standard InChI is InChI=1S/C17H17ClN2O5S/c1-9-4-11(9)14-3-2-10(25-14)7-19-26(22,23)16-6-15-13(5-12(16)18)20-17(21)8-24-15/h2-3,5-6,9,11,19H,4,7-8H2,1H3,(H,20,21)/t9-,11+/m0/s1. The topological polar surface area (TPSA) is 97.6 Å². The fraction of sp³-hybridized carbons (Fsp3) is 0.353. The second-order valence-electron chi connectivity index (χ2n) is 6.56. The smallest absolute Gasteiger partial charge is 0.262 e. The first-order valence-corrected chi connectivity index (χ1v) is 10.0. The maximum Gasteiger partial charge on any atom is 0.262 e. The first-order chi connectivity index (χ1) is 12.3. The van der Waals surface area contributed by atoms with Gasteiger partial charge in [-0.3, -0.25) is 4.79 Å². The monoisotopic (exact) mass is 396 g/mol. The molecule has 7 nitrogen and oxygen atoms in total. The Bertz CT molecular complexity index is 985. The summed E-state index contributed by atoms with van der Waals surface area (Å²) in [6.07, 6.45) is 1.10. The summed E-state index contributed by atoms with van der Waals surface area (Å²) in [5.74, 6) is 2.42. The summed E-state index contributed by atoms with van der Waals surface area (Å²) in [5.41, 5.74) is 0.347. The molecule has 1 aromatic heterocycles. The molecule has 1 saturated carbocycles. The summed E-state index contributed by atoms with van der Waals surface area (Å²) in [4.78, 5) is 11.2. The van der Waals surface area contributed by atoms with Crippen LogP contribution in [-0.4, -0.2) is 20.9 Å². The van der Waals surface area contributed by atoms with Crippen molar-refractivity contribution in [3.63, 3.8) is 0 Å². The van der Waals surface area contributed by atoms with Crippen LogP contribution in [0.3, 0.4) is 0 Å². The van der Waals surface area contributed by atoms with Gasteiger partial charge in [0.05, 0.1) is 17.3 Å². The van der Waals surface area contributed by atoms with Crippen LogP contribution < -0.4 is 14.8 Å². The molecule has 0 spiro atoms. The Kier molecular flexibility index (Phi) is 4.21. The van der Waals surface area contributed by atoms with E-state index in [9.17, 15) is 13.2 Å². The number of amides is 1. The predicted molar refractivity (Wildman–Crippen MR) is 94.8 cm³/mol. The largest absolute Gasteiger partial charge is 0.482 e. The third-order valence-corrected chi connectivity index (χ3v) is 6.42. The lowest BCUT2D eigenvalue weighted by atomic mass is 10.2. The number of benzene rings is 1. The van der Waals surface area contributed by atoms with Crippen LogP contribution in [0.25, 0.3) is 0 Å². The Morgan fingerprint density at radius 2 is 2.12 bits per heavy atom. The van der Waals surface area contributed by atoms with Crippen LogP contribution in [0.5, 0.6) is 5.75 Å². The lowest BCUT2D eigenvalue weighted by Gasteiger charge is -2.19. The molecule has 9 heteroatoms. The number of rotatable bonds is 5. The quantitative estimate of drug-likeness (QED) is 0.809.